The number of anilines is 1. The van der Waals surface area contributed by atoms with Crippen LogP contribution in [0, 0.1) is 11.8 Å². The monoisotopic (exact) mass is 260 g/mol. The van der Waals surface area contributed by atoms with E-state index in [0.29, 0.717) is 29.3 Å². The van der Waals surface area contributed by atoms with Gasteiger partial charge < -0.3 is 11.1 Å². The number of nitrogens with zero attached hydrogens (tertiary/aromatic N) is 1. The lowest BCUT2D eigenvalue weighted by molar-refractivity contribution is 0.0918. The van der Waals surface area contributed by atoms with E-state index in [2.05, 4.69) is 15.5 Å². The molecule has 5 heteroatoms. The van der Waals surface area contributed by atoms with Crippen molar-refractivity contribution in [1.82, 2.24) is 15.5 Å². The third-order valence-corrected chi connectivity index (χ3v) is 5.09. The van der Waals surface area contributed by atoms with E-state index in [1.165, 1.54) is 19.3 Å². The Morgan fingerprint density at radius 2 is 2.11 bits per heavy atom. The second-order valence-corrected chi connectivity index (χ2v) is 6.43. The van der Waals surface area contributed by atoms with E-state index in [1.807, 2.05) is 0 Å². The number of aromatic amines is 1. The Labute approximate surface area is 112 Å². The largest absolute Gasteiger partial charge is 0.395 e. The van der Waals surface area contributed by atoms with Crippen LogP contribution in [0.2, 0.25) is 0 Å². The van der Waals surface area contributed by atoms with Crippen molar-refractivity contribution in [2.75, 3.05) is 5.73 Å². The van der Waals surface area contributed by atoms with Crippen molar-refractivity contribution < 1.29 is 4.79 Å². The quantitative estimate of drug-likeness (QED) is 0.774. The van der Waals surface area contributed by atoms with E-state index >= 15 is 0 Å². The first-order chi connectivity index (χ1) is 9.22. The van der Waals surface area contributed by atoms with Gasteiger partial charge in [0.25, 0.3) is 5.91 Å². The molecule has 5 nitrogen and oxygen atoms in total. The molecule has 0 spiro atoms. The van der Waals surface area contributed by atoms with Gasteiger partial charge in [0.2, 0.25) is 0 Å². The highest BCUT2D eigenvalue weighted by Gasteiger charge is 2.40. The molecule has 3 aliphatic carbocycles. The van der Waals surface area contributed by atoms with Gasteiger partial charge in [-0.15, -0.1) is 0 Å². The maximum atomic E-state index is 12.3. The number of amides is 1. The molecule has 3 fully saturated rings. The molecular formula is C14H20N4O. The normalized spacial score (nSPS) is 32.7. The number of fused-ring (bicyclic) bond motifs is 2. The Bertz CT molecular complexity index is 520. The number of nitrogen functional groups attached to an aromatic ring is 1. The van der Waals surface area contributed by atoms with Gasteiger partial charge in [0.05, 0.1) is 11.4 Å². The van der Waals surface area contributed by atoms with E-state index in [-0.39, 0.29) is 5.91 Å². The topological polar surface area (TPSA) is 83.8 Å². The number of rotatable bonds is 3. The Morgan fingerprint density at radius 1 is 1.26 bits per heavy atom. The predicted molar refractivity (Wildman–Crippen MR) is 71.7 cm³/mol. The molecule has 1 heterocycles. The molecule has 102 valence electrons. The average molecular weight is 260 g/mol. The maximum Gasteiger partial charge on any atom is 0.274 e. The Hall–Kier alpha value is -1.52. The smallest absolute Gasteiger partial charge is 0.274 e. The van der Waals surface area contributed by atoms with Crippen LogP contribution >= 0.6 is 0 Å². The molecule has 0 aliphatic heterocycles. The summed E-state index contributed by atoms with van der Waals surface area (Å²) in [5.74, 6) is 1.90. The summed E-state index contributed by atoms with van der Waals surface area (Å²) >= 11 is 0. The Kier molecular flexibility index (Phi) is 2.37. The molecule has 4 rings (SSSR count). The first-order valence-electron chi connectivity index (χ1n) is 7.37. The molecule has 0 aromatic carbocycles. The molecule has 1 aromatic heterocycles. The standard InChI is InChI=1S/C14H20N4O/c15-11-12(8-3-4-8)17-18-13(11)14(19)16-10-6-7-1-2-9(10)5-7/h7-10H,1-6,15H2,(H,16,19)(H,17,18). The highest BCUT2D eigenvalue weighted by molar-refractivity contribution is 5.98. The van der Waals surface area contributed by atoms with Gasteiger partial charge in [-0.25, -0.2) is 0 Å². The predicted octanol–water partition coefficient (Wildman–Crippen LogP) is 1.79. The van der Waals surface area contributed by atoms with Crippen molar-refractivity contribution >= 4 is 11.6 Å². The first kappa shape index (κ1) is 11.3. The molecule has 3 atom stereocenters. The molecular weight excluding hydrogens is 240 g/mol. The van der Waals surface area contributed by atoms with Crippen molar-refractivity contribution in [3.8, 4) is 0 Å². The van der Waals surface area contributed by atoms with E-state index in [9.17, 15) is 4.79 Å². The molecule has 3 saturated carbocycles. The van der Waals surface area contributed by atoms with Gasteiger partial charge in [-0.1, -0.05) is 6.42 Å². The fraction of sp³-hybridized carbons (Fsp3) is 0.714. The van der Waals surface area contributed by atoms with Crippen LogP contribution in [0.4, 0.5) is 5.69 Å². The van der Waals surface area contributed by atoms with Gasteiger partial charge in [-0.05, 0) is 43.9 Å². The van der Waals surface area contributed by atoms with E-state index in [1.54, 1.807) is 0 Å². The zero-order chi connectivity index (χ0) is 13.0. The Balaban J connectivity index is 1.48. The fourth-order valence-electron chi connectivity index (χ4n) is 3.88. The molecule has 2 bridgehead atoms. The lowest BCUT2D eigenvalue weighted by atomic mass is 9.95. The fourth-order valence-corrected chi connectivity index (χ4v) is 3.88. The summed E-state index contributed by atoms with van der Waals surface area (Å²) in [4.78, 5) is 12.3. The number of hydrogen-bond donors (Lipinski definition) is 3. The number of nitrogens with two attached hydrogens (primary N) is 1. The number of aromatic nitrogens is 2. The van der Waals surface area contributed by atoms with Gasteiger partial charge in [-0.2, -0.15) is 5.10 Å². The summed E-state index contributed by atoms with van der Waals surface area (Å²) in [7, 11) is 0. The minimum Gasteiger partial charge on any atom is -0.395 e. The van der Waals surface area contributed by atoms with Crippen LogP contribution in [0.15, 0.2) is 0 Å². The third-order valence-electron chi connectivity index (χ3n) is 5.09. The van der Waals surface area contributed by atoms with E-state index in [4.69, 9.17) is 5.73 Å². The van der Waals surface area contributed by atoms with Crippen molar-refractivity contribution in [1.29, 1.82) is 0 Å². The second kappa shape index (κ2) is 3.99. The highest BCUT2D eigenvalue weighted by atomic mass is 16.2. The van der Waals surface area contributed by atoms with Crippen LogP contribution < -0.4 is 11.1 Å². The van der Waals surface area contributed by atoms with E-state index in [0.717, 1.165) is 30.9 Å². The summed E-state index contributed by atoms with van der Waals surface area (Å²) in [5.41, 5.74) is 7.95. The minimum atomic E-state index is -0.0989. The third kappa shape index (κ3) is 1.83. The zero-order valence-electron chi connectivity index (χ0n) is 11.0. The van der Waals surface area contributed by atoms with Gasteiger partial charge in [0.15, 0.2) is 5.69 Å². The van der Waals surface area contributed by atoms with Crippen LogP contribution in [0.3, 0.4) is 0 Å². The first-order valence-corrected chi connectivity index (χ1v) is 7.37. The van der Waals surface area contributed by atoms with E-state index < -0.39 is 0 Å². The van der Waals surface area contributed by atoms with Crippen LogP contribution in [0.1, 0.15) is 60.6 Å². The average Bonchev–Trinajstić information content (AvgIpc) is 2.84. The van der Waals surface area contributed by atoms with Gasteiger partial charge in [0.1, 0.15) is 0 Å². The molecule has 19 heavy (non-hydrogen) atoms. The summed E-state index contributed by atoms with van der Waals surface area (Å²) < 4.78 is 0. The lowest BCUT2D eigenvalue weighted by Gasteiger charge is -2.22. The van der Waals surface area contributed by atoms with Crippen LogP contribution in [-0.4, -0.2) is 22.1 Å². The Morgan fingerprint density at radius 3 is 2.74 bits per heavy atom. The van der Waals surface area contributed by atoms with Crippen molar-refractivity contribution in [2.24, 2.45) is 11.8 Å². The minimum absolute atomic E-state index is 0.0989. The number of nitrogens with one attached hydrogen (secondary N) is 2. The summed E-state index contributed by atoms with van der Waals surface area (Å²) in [5, 5.41) is 10.2. The van der Waals surface area contributed by atoms with Crippen LogP contribution in [0.5, 0.6) is 0 Å². The molecule has 0 radical (unpaired) electrons. The van der Waals surface area contributed by atoms with Crippen LogP contribution in [-0.2, 0) is 0 Å². The highest BCUT2D eigenvalue weighted by Crippen LogP contribution is 2.45. The molecule has 1 amide bonds. The summed E-state index contributed by atoms with van der Waals surface area (Å²) in [6.45, 7) is 0. The SMILES string of the molecule is Nc1c(C(=O)NC2CC3CCC2C3)n[nH]c1C1CC1. The van der Waals surface area contributed by atoms with Crippen molar-refractivity contribution in [3.63, 3.8) is 0 Å². The zero-order valence-corrected chi connectivity index (χ0v) is 11.0. The number of carbonyl (C=O) groups is 1. The van der Waals surface area contributed by atoms with Gasteiger partial charge in [-0.3, -0.25) is 9.89 Å². The number of H-pyrrole nitrogens is 1. The molecule has 1 aromatic rings. The summed E-state index contributed by atoms with van der Waals surface area (Å²) in [6, 6.07) is 0.340. The molecule has 4 N–H and O–H groups in total. The maximum absolute atomic E-state index is 12.3. The van der Waals surface area contributed by atoms with Crippen molar-refractivity contribution in [3.05, 3.63) is 11.4 Å². The molecule has 3 aliphatic rings. The number of hydrogen-bond acceptors (Lipinski definition) is 3. The van der Waals surface area contributed by atoms with Gasteiger partial charge in [0, 0.05) is 12.0 Å². The van der Waals surface area contributed by atoms with Crippen molar-refractivity contribution in [2.45, 2.75) is 50.5 Å². The lowest BCUT2D eigenvalue weighted by Crippen LogP contribution is -2.38. The van der Waals surface area contributed by atoms with Gasteiger partial charge >= 0.3 is 0 Å². The molecule has 0 saturated heterocycles. The van der Waals surface area contributed by atoms with Crippen LogP contribution in [0.25, 0.3) is 0 Å². The molecule has 3 unspecified atom stereocenters. The second-order valence-electron chi connectivity index (χ2n) is 6.43. The summed E-state index contributed by atoms with van der Waals surface area (Å²) in [6.07, 6.45) is 7.33. The number of carbonyl (C=O) groups excluding carboxylic acids is 1.